The molecule has 1 saturated heterocycles. The standard InChI is InChI=1S/C21H33NO2/c1-21(24-17-19-8-4-3-5-9-19)14-6-7-15-22(21)16-18-10-12-20(23-2)13-11-18/h3-5,8-9,18,20H,6-7,10-17H2,1-2H3. The number of ether oxygens (including phenoxy) is 2. The number of methoxy groups -OCH3 is 1. The first kappa shape index (κ1) is 17.9. The molecule has 0 spiro atoms. The molecule has 0 N–H and O–H groups in total. The Morgan fingerprint density at radius 2 is 1.83 bits per heavy atom. The molecule has 0 aromatic heterocycles. The average molecular weight is 332 g/mol. The summed E-state index contributed by atoms with van der Waals surface area (Å²) >= 11 is 0. The molecule has 3 heteroatoms. The van der Waals surface area contributed by atoms with Crippen LogP contribution in [-0.4, -0.2) is 36.9 Å². The van der Waals surface area contributed by atoms with E-state index in [2.05, 4.69) is 42.2 Å². The van der Waals surface area contributed by atoms with Gasteiger partial charge < -0.3 is 9.47 Å². The third-order valence-corrected chi connectivity index (χ3v) is 5.99. The van der Waals surface area contributed by atoms with Crippen molar-refractivity contribution >= 4 is 0 Å². The fraction of sp³-hybridized carbons (Fsp3) is 0.714. The molecule has 1 unspecified atom stereocenters. The largest absolute Gasteiger partial charge is 0.381 e. The van der Waals surface area contributed by atoms with Gasteiger partial charge in [0.05, 0.1) is 12.7 Å². The second-order valence-electron chi connectivity index (χ2n) is 7.73. The summed E-state index contributed by atoms with van der Waals surface area (Å²) in [7, 11) is 1.85. The van der Waals surface area contributed by atoms with Crippen molar-refractivity contribution in [3.63, 3.8) is 0 Å². The smallest absolute Gasteiger partial charge is 0.119 e. The number of rotatable bonds is 6. The van der Waals surface area contributed by atoms with Gasteiger partial charge in [0.15, 0.2) is 0 Å². The maximum atomic E-state index is 6.45. The molecule has 1 aliphatic carbocycles. The summed E-state index contributed by atoms with van der Waals surface area (Å²) in [6.07, 6.45) is 9.24. The average Bonchev–Trinajstić information content (AvgIpc) is 2.64. The van der Waals surface area contributed by atoms with E-state index in [1.807, 2.05) is 7.11 Å². The van der Waals surface area contributed by atoms with Crippen LogP contribution < -0.4 is 0 Å². The van der Waals surface area contributed by atoms with Crippen LogP contribution in [0.3, 0.4) is 0 Å². The van der Waals surface area contributed by atoms with Crippen LogP contribution in [-0.2, 0) is 16.1 Å². The lowest BCUT2D eigenvalue weighted by atomic mass is 9.86. The summed E-state index contributed by atoms with van der Waals surface area (Å²) in [4.78, 5) is 2.62. The molecule has 0 bridgehead atoms. The number of benzene rings is 1. The van der Waals surface area contributed by atoms with E-state index in [0.717, 1.165) is 12.3 Å². The summed E-state index contributed by atoms with van der Waals surface area (Å²) in [5, 5.41) is 0. The molecule has 0 amide bonds. The van der Waals surface area contributed by atoms with Crippen molar-refractivity contribution in [2.45, 2.75) is 70.3 Å². The van der Waals surface area contributed by atoms with Gasteiger partial charge in [-0.15, -0.1) is 0 Å². The minimum absolute atomic E-state index is 0.105. The number of hydrogen-bond acceptors (Lipinski definition) is 3. The molecule has 3 nitrogen and oxygen atoms in total. The molecule has 1 saturated carbocycles. The van der Waals surface area contributed by atoms with Gasteiger partial charge in [0.1, 0.15) is 5.72 Å². The summed E-state index contributed by atoms with van der Waals surface area (Å²) in [5.41, 5.74) is 1.16. The zero-order valence-corrected chi connectivity index (χ0v) is 15.4. The molecular weight excluding hydrogens is 298 g/mol. The first-order chi connectivity index (χ1) is 11.7. The van der Waals surface area contributed by atoms with Gasteiger partial charge in [0, 0.05) is 20.2 Å². The van der Waals surface area contributed by atoms with Crippen LogP contribution in [0.15, 0.2) is 30.3 Å². The zero-order valence-electron chi connectivity index (χ0n) is 15.4. The lowest BCUT2D eigenvalue weighted by Gasteiger charge is -2.46. The molecule has 134 valence electrons. The predicted molar refractivity (Wildman–Crippen MR) is 97.8 cm³/mol. The lowest BCUT2D eigenvalue weighted by molar-refractivity contribution is -0.176. The third kappa shape index (κ3) is 4.59. The summed E-state index contributed by atoms with van der Waals surface area (Å²) < 4.78 is 12.0. The van der Waals surface area contributed by atoms with Crippen molar-refractivity contribution in [1.29, 1.82) is 0 Å². The monoisotopic (exact) mass is 331 g/mol. The molecule has 1 heterocycles. The molecule has 3 rings (SSSR count). The van der Waals surface area contributed by atoms with Crippen molar-refractivity contribution in [1.82, 2.24) is 4.90 Å². The number of likely N-dealkylation sites (tertiary alicyclic amines) is 1. The van der Waals surface area contributed by atoms with Gasteiger partial charge in [-0.2, -0.15) is 0 Å². The summed E-state index contributed by atoms with van der Waals surface area (Å²) in [6, 6.07) is 10.6. The Hall–Kier alpha value is -0.900. The normalized spacial score (nSPS) is 31.9. The van der Waals surface area contributed by atoms with E-state index >= 15 is 0 Å². The van der Waals surface area contributed by atoms with Crippen LogP contribution in [0.4, 0.5) is 0 Å². The van der Waals surface area contributed by atoms with Crippen molar-refractivity contribution < 1.29 is 9.47 Å². The molecule has 2 fully saturated rings. The molecular formula is C21H33NO2. The molecule has 1 aromatic carbocycles. The molecule has 24 heavy (non-hydrogen) atoms. The Balaban J connectivity index is 1.56. The van der Waals surface area contributed by atoms with Crippen LogP contribution in [0.5, 0.6) is 0 Å². The Morgan fingerprint density at radius 1 is 1.08 bits per heavy atom. The minimum Gasteiger partial charge on any atom is -0.381 e. The van der Waals surface area contributed by atoms with Crippen LogP contribution in [0.25, 0.3) is 0 Å². The number of hydrogen-bond donors (Lipinski definition) is 0. The highest BCUT2D eigenvalue weighted by molar-refractivity contribution is 5.13. The number of piperidine rings is 1. The van der Waals surface area contributed by atoms with Crippen LogP contribution in [0.2, 0.25) is 0 Å². The Kier molecular flexibility index (Phi) is 6.31. The molecule has 1 atom stereocenters. The first-order valence-corrected chi connectivity index (χ1v) is 9.65. The van der Waals surface area contributed by atoms with E-state index in [0.29, 0.717) is 12.7 Å². The SMILES string of the molecule is COC1CCC(CN2CCCCC2(C)OCc2ccccc2)CC1. The van der Waals surface area contributed by atoms with E-state index in [1.54, 1.807) is 0 Å². The lowest BCUT2D eigenvalue weighted by Crippen LogP contribution is -2.53. The van der Waals surface area contributed by atoms with Crippen LogP contribution in [0.1, 0.15) is 57.4 Å². The van der Waals surface area contributed by atoms with E-state index in [-0.39, 0.29) is 5.72 Å². The second-order valence-corrected chi connectivity index (χ2v) is 7.73. The van der Waals surface area contributed by atoms with E-state index in [1.165, 1.54) is 57.2 Å². The number of nitrogens with zero attached hydrogens (tertiary/aromatic N) is 1. The minimum atomic E-state index is -0.105. The molecule has 1 aliphatic heterocycles. The van der Waals surface area contributed by atoms with Gasteiger partial charge in [-0.25, -0.2) is 0 Å². The van der Waals surface area contributed by atoms with Gasteiger partial charge in [-0.3, -0.25) is 4.90 Å². The molecule has 2 aliphatic rings. The second kappa shape index (κ2) is 8.46. The topological polar surface area (TPSA) is 21.7 Å². The Bertz CT molecular complexity index is 484. The van der Waals surface area contributed by atoms with Gasteiger partial charge in [-0.05, 0) is 63.4 Å². The van der Waals surface area contributed by atoms with E-state index in [4.69, 9.17) is 9.47 Å². The highest BCUT2D eigenvalue weighted by atomic mass is 16.5. The quantitative estimate of drug-likeness (QED) is 0.760. The zero-order chi connectivity index (χ0) is 16.8. The fourth-order valence-electron chi connectivity index (χ4n) is 4.27. The van der Waals surface area contributed by atoms with Crippen molar-refractivity contribution in [3.05, 3.63) is 35.9 Å². The molecule has 1 aromatic rings. The van der Waals surface area contributed by atoms with E-state index < -0.39 is 0 Å². The van der Waals surface area contributed by atoms with Gasteiger partial charge in [0.25, 0.3) is 0 Å². The predicted octanol–water partition coefficient (Wildman–Crippen LogP) is 4.61. The maximum Gasteiger partial charge on any atom is 0.119 e. The molecule has 0 radical (unpaired) electrons. The van der Waals surface area contributed by atoms with Crippen molar-refractivity contribution in [2.24, 2.45) is 5.92 Å². The maximum absolute atomic E-state index is 6.45. The third-order valence-electron chi connectivity index (χ3n) is 5.99. The summed E-state index contributed by atoms with van der Waals surface area (Å²) in [6.45, 7) is 5.37. The van der Waals surface area contributed by atoms with Crippen molar-refractivity contribution in [3.8, 4) is 0 Å². The highest BCUT2D eigenvalue weighted by Crippen LogP contribution is 2.34. The van der Waals surface area contributed by atoms with E-state index in [9.17, 15) is 0 Å². The van der Waals surface area contributed by atoms with Crippen LogP contribution in [0, 0.1) is 5.92 Å². The highest BCUT2D eigenvalue weighted by Gasteiger charge is 2.37. The fourth-order valence-corrected chi connectivity index (χ4v) is 4.27. The van der Waals surface area contributed by atoms with Crippen molar-refractivity contribution in [2.75, 3.05) is 20.2 Å². The Morgan fingerprint density at radius 3 is 2.54 bits per heavy atom. The summed E-state index contributed by atoms with van der Waals surface area (Å²) in [5.74, 6) is 0.800. The van der Waals surface area contributed by atoms with Gasteiger partial charge >= 0.3 is 0 Å². The van der Waals surface area contributed by atoms with Gasteiger partial charge in [-0.1, -0.05) is 30.3 Å². The first-order valence-electron chi connectivity index (χ1n) is 9.65. The van der Waals surface area contributed by atoms with Crippen LogP contribution >= 0.6 is 0 Å². The Labute approximate surface area is 147 Å². The van der Waals surface area contributed by atoms with Gasteiger partial charge in [0.2, 0.25) is 0 Å².